The summed E-state index contributed by atoms with van der Waals surface area (Å²) in [5.41, 5.74) is 2.79. The van der Waals surface area contributed by atoms with Gasteiger partial charge in [0.15, 0.2) is 0 Å². The number of carbonyl (C=O) groups is 2. The predicted octanol–water partition coefficient (Wildman–Crippen LogP) is 4.11. The smallest absolute Gasteiger partial charge is 0.257 e. The van der Waals surface area contributed by atoms with Crippen molar-refractivity contribution in [2.45, 2.75) is 52.1 Å². The van der Waals surface area contributed by atoms with Crippen LogP contribution in [0.3, 0.4) is 0 Å². The number of aryl methyl sites for hydroxylation is 3. The molecule has 1 fully saturated rings. The first-order valence-corrected chi connectivity index (χ1v) is 12.1. The lowest BCUT2D eigenvalue weighted by Crippen LogP contribution is -2.48. The van der Waals surface area contributed by atoms with Crippen molar-refractivity contribution in [2.75, 3.05) is 20.1 Å². The third-order valence-corrected chi connectivity index (χ3v) is 6.96. The third-order valence-electron chi connectivity index (χ3n) is 6.96. The highest BCUT2D eigenvalue weighted by Crippen LogP contribution is 2.28. The van der Waals surface area contributed by atoms with Crippen molar-refractivity contribution >= 4 is 11.8 Å². The number of rotatable bonds is 8. The molecule has 1 aliphatic heterocycles. The Bertz CT molecular complexity index is 1100. The van der Waals surface area contributed by atoms with E-state index in [1.54, 1.807) is 12.3 Å². The third kappa shape index (κ3) is 5.58. The number of nitrogens with zero attached hydrogens (tertiary/aromatic N) is 4. The topological polar surface area (TPSA) is 71.6 Å². The molecular formula is C27H34N4O3. The van der Waals surface area contributed by atoms with E-state index in [0.29, 0.717) is 30.2 Å². The molecule has 1 saturated heterocycles. The van der Waals surface area contributed by atoms with Crippen LogP contribution in [0.15, 0.2) is 59.3 Å². The van der Waals surface area contributed by atoms with Crippen LogP contribution in [0.1, 0.15) is 46.6 Å². The molecule has 0 bridgehead atoms. The van der Waals surface area contributed by atoms with Crippen LogP contribution in [0.25, 0.3) is 0 Å². The minimum Gasteiger partial charge on any atom is -0.469 e. The molecule has 7 heteroatoms. The number of amides is 2. The van der Waals surface area contributed by atoms with Crippen LogP contribution in [0.4, 0.5) is 0 Å². The maximum Gasteiger partial charge on any atom is 0.257 e. The van der Waals surface area contributed by atoms with Crippen molar-refractivity contribution in [3.8, 4) is 0 Å². The predicted molar refractivity (Wildman–Crippen MR) is 130 cm³/mol. The molecular weight excluding hydrogens is 428 g/mol. The lowest BCUT2D eigenvalue weighted by atomic mass is 9.84. The van der Waals surface area contributed by atoms with E-state index in [2.05, 4.69) is 17.2 Å². The van der Waals surface area contributed by atoms with Crippen molar-refractivity contribution in [1.82, 2.24) is 19.6 Å². The number of furan rings is 1. The largest absolute Gasteiger partial charge is 0.469 e. The van der Waals surface area contributed by atoms with Crippen LogP contribution >= 0.6 is 0 Å². The second-order valence-corrected chi connectivity index (χ2v) is 9.25. The SMILES string of the molecule is Cc1ccn(CCC(=O)N2CCC([C@H](Cc3ccccc3)N(C)C(=O)c3ccoc3C)CC2)n1. The molecule has 4 rings (SSSR count). The summed E-state index contributed by atoms with van der Waals surface area (Å²) >= 11 is 0. The monoisotopic (exact) mass is 462 g/mol. The minimum atomic E-state index is -0.0137. The maximum atomic E-state index is 13.3. The summed E-state index contributed by atoms with van der Waals surface area (Å²) in [5.74, 6) is 1.12. The molecule has 2 amide bonds. The Balaban J connectivity index is 1.41. The molecule has 34 heavy (non-hydrogen) atoms. The Morgan fingerprint density at radius 3 is 2.47 bits per heavy atom. The van der Waals surface area contributed by atoms with Gasteiger partial charge in [0.1, 0.15) is 5.76 Å². The van der Waals surface area contributed by atoms with Gasteiger partial charge in [0.05, 0.1) is 17.5 Å². The van der Waals surface area contributed by atoms with E-state index in [1.165, 1.54) is 5.56 Å². The molecule has 0 radical (unpaired) electrons. The second-order valence-electron chi connectivity index (χ2n) is 9.25. The normalized spacial score (nSPS) is 15.3. The number of benzene rings is 1. The Morgan fingerprint density at radius 2 is 1.85 bits per heavy atom. The Morgan fingerprint density at radius 1 is 1.12 bits per heavy atom. The molecule has 2 aromatic heterocycles. The van der Waals surface area contributed by atoms with Gasteiger partial charge in [-0.15, -0.1) is 0 Å². The fourth-order valence-electron chi connectivity index (χ4n) is 4.91. The summed E-state index contributed by atoms with van der Waals surface area (Å²) < 4.78 is 7.21. The molecule has 1 aliphatic rings. The number of aromatic nitrogens is 2. The summed E-state index contributed by atoms with van der Waals surface area (Å²) in [7, 11) is 1.89. The van der Waals surface area contributed by atoms with E-state index < -0.39 is 0 Å². The molecule has 0 aliphatic carbocycles. The summed E-state index contributed by atoms with van der Waals surface area (Å²) in [6.45, 7) is 5.82. The first-order valence-electron chi connectivity index (χ1n) is 12.1. The van der Waals surface area contributed by atoms with Gasteiger partial charge in [-0.05, 0) is 56.7 Å². The number of piperidine rings is 1. The Labute approximate surface area is 201 Å². The molecule has 3 heterocycles. The highest BCUT2D eigenvalue weighted by molar-refractivity contribution is 5.95. The number of hydrogen-bond acceptors (Lipinski definition) is 4. The van der Waals surface area contributed by atoms with Crippen LogP contribution in [0.2, 0.25) is 0 Å². The molecule has 1 atom stereocenters. The van der Waals surface area contributed by atoms with E-state index in [-0.39, 0.29) is 17.9 Å². The van der Waals surface area contributed by atoms with Gasteiger partial charge in [0, 0.05) is 45.3 Å². The first kappa shape index (κ1) is 23.8. The Kier molecular flexibility index (Phi) is 7.50. The van der Waals surface area contributed by atoms with E-state index >= 15 is 0 Å². The van der Waals surface area contributed by atoms with Gasteiger partial charge in [0.25, 0.3) is 5.91 Å². The van der Waals surface area contributed by atoms with E-state index in [4.69, 9.17) is 4.42 Å². The molecule has 0 unspecified atom stereocenters. The first-order chi connectivity index (χ1) is 16.4. The minimum absolute atomic E-state index is 0.0137. The van der Waals surface area contributed by atoms with E-state index in [9.17, 15) is 9.59 Å². The molecule has 1 aromatic carbocycles. The average Bonchev–Trinajstić information content (AvgIpc) is 3.48. The van der Waals surface area contributed by atoms with Gasteiger partial charge in [-0.3, -0.25) is 14.3 Å². The van der Waals surface area contributed by atoms with Crippen molar-refractivity contribution in [3.63, 3.8) is 0 Å². The van der Waals surface area contributed by atoms with Crippen LogP contribution in [0.5, 0.6) is 0 Å². The Hall–Kier alpha value is -3.35. The zero-order valence-electron chi connectivity index (χ0n) is 20.3. The molecule has 0 N–H and O–H groups in total. The van der Waals surface area contributed by atoms with Crippen LogP contribution in [0, 0.1) is 19.8 Å². The number of likely N-dealkylation sites (N-methyl/N-ethyl adjacent to an activating group) is 1. The lowest BCUT2D eigenvalue weighted by molar-refractivity contribution is -0.133. The summed E-state index contributed by atoms with van der Waals surface area (Å²) in [6, 6.07) is 14.1. The standard InChI is InChI=1S/C27H34N4O3/c1-20-9-16-31(28-20)17-12-26(32)30-14-10-23(11-15-30)25(19-22-7-5-4-6-8-22)29(3)27(33)24-13-18-34-21(24)2/h4-9,13,16,18,23,25H,10-12,14-15,17,19H2,1-3H3/t25-/m0/s1. The highest BCUT2D eigenvalue weighted by Gasteiger charge is 2.33. The molecule has 3 aromatic rings. The van der Waals surface area contributed by atoms with Gasteiger partial charge >= 0.3 is 0 Å². The van der Waals surface area contributed by atoms with Gasteiger partial charge in [-0.2, -0.15) is 5.10 Å². The maximum absolute atomic E-state index is 13.3. The van der Waals surface area contributed by atoms with Crippen LogP contribution in [-0.4, -0.2) is 57.6 Å². The number of likely N-dealkylation sites (tertiary alicyclic amines) is 1. The molecule has 0 saturated carbocycles. The van der Waals surface area contributed by atoms with E-state index in [0.717, 1.165) is 38.0 Å². The van der Waals surface area contributed by atoms with Crippen LogP contribution < -0.4 is 0 Å². The lowest BCUT2D eigenvalue weighted by Gasteiger charge is -2.40. The zero-order valence-corrected chi connectivity index (χ0v) is 20.3. The van der Waals surface area contributed by atoms with E-state index in [1.807, 2.05) is 65.8 Å². The average molecular weight is 463 g/mol. The van der Waals surface area contributed by atoms with Crippen molar-refractivity contribution in [2.24, 2.45) is 5.92 Å². The quantitative estimate of drug-likeness (QED) is 0.505. The van der Waals surface area contributed by atoms with Gasteiger partial charge in [0.2, 0.25) is 5.91 Å². The number of carbonyl (C=O) groups excluding carboxylic acids is 2. The van der Waals surface area contributed by atoms with Crippen molar-refractivity contribution in [1.29, 1.82) is 0 Å². The number of hydrogen-bond donors (Lipinski definition) is 0. The molecule has 180 valence electrons. The summed E-state index contributed by atoms with van der Waals surface area (Å²) in [6.07, 6.45) is 6.49. The summed E-state index contributed by atoms with van der Waals surface area (Å²) in [4.78, 5) is 29.9. The van der Waals surface area contributed by atoms with Crippen molar-refractivity contribution < 1.29 is 14.0 Å². The molecule has 0 spiro atoms. The summed E-state index contributed by atoms with van der Waals surface area (Å²) in [5, 5.41) is 4.37. The highest BCUT2D eigenvalue weighted by atomic mass is 16.3. The van der Waals surface area contributed by atoms with Gasteiger partial charge < -0.3 is 14.2 Å². The van der Waals surface area contributed by atoms with Gasteiger partial charge in [-0.1, -0.05) is 30.3 Å². The molecule has 7 nitrogen and oxygen atoms in total. The van der Waals surface area contributed by atoms with Crippen molar-refractivity contribution in [3.05, 3.63) is 77.5 Å². The van der Waals surface area contributed by atoms with Crippen LogP contribution in [-0.2, 0) is 17.8 Å². The zero-order chi connectivity index (χ0) is 24.1. The second kappa shape index (κ2) is 10.7. The fourth-order valence-corrected chi connectivity index (χ4v) is 4.91. The fraction of sp³-hybridized carbons (Fsp3) is 0.444. The van der Waals surface area contributed by atoms with Gasteiger partial charge in [-0.25, -0.2) is 0 Å².